The van der Waals surface area contributed by atoms with Crippen LogP contribution in [0.1, 0.15) is 12.5 Å². The van der Waals surface area contributed by atoms with Gasteiger partial charge in [0, 0.05) is 0 Å². The van der Waals surface area contributed by atoms with Gasteiger partial charge in [-0.1, -0.05) is 29.8 Å². The van der Waals surface area contributed by atoms with Crippen molar-refractivity contribution in [3.8, 4) is 11.5 Å². The average molecular weight is 414 g/mol. The largest absolute Gasteiger partial charge is 0.480 e. The van der Waals surface area contributed by atoms with Gasteiger partial charge in [0.1, 0.15) is 11.5 Å². The van der Waals surface area contributed by atoms with Crippen molar-refractivity contribution in [3.05, 3.63) is 53.1 Å². The summed E-state index contributed by atoms with van der Waals surface area (Å²) in [5, 5.41) is 2.71. The Morgan fingerprint density at radius 1 is 1.14 bits per heavy atom. The Morgan fingerprint density at radius 3 is 2.57 bits per heavy atom. The maximum absolute atomic E-state index is 12.4. The first-order valence-electron chi connectivity index (χ1n) is 8.19. The van der Waals surface area contributed by atoms with E-state index in [1.165, 1.54) is 31.2 Å². The molecule has 0 heterocycles. The maximum Gasteiger partial charge on any atom is 0.387 e. The van der Waals surface area contributed by atoms with Gasteiger partial charge >= 0.3 is 12.6 Å². The van der Waals surface area contributed by atoms with E-state index < -0.39 is 31.2 Å². The number of carbonyl (C=O) groups excluding carboxylic acids is 2. The summed E-state index contributed by atoms with van der Waals surface area (Å²) in [5.41, 5.74) is 0.920. The molecule has 0 saturated heterocycles. The summed E-state index contributed by atoms with van der Waals surface area (Å²) in [7, 11) is 0. The lowest BCUT2D eigenvalue weighted by Gasteiger charge is -2.16. The molecule has 2 aromatic carbocycles. The molecule has 2 rings (SSSR count). The van der Waals surface area contributed by atoms with Crippen LogP contribution in [0.2, 0.25) is 5.02 Å². The second-order valence-electron chi connectivity index (χ2n) is 5.72. The fraction of sp³-hybridized carbons (Fsp3) is 0.263. The number of nitrogens with one attached hydrogen (secondary N) is 1. The van der Waals surface area contributed by atoms with E-state index in [4.69, 9.17) is 21.1 Å². The van der Waals surface area contributed by atoms with Crippen LogP contribution in [0.5, 0.6) is 11.5 Å². The molecule has 2 aromatic rings. The molecule has 0 aliphatic carbocycles. The highest BCUT2D eigenvalue weighted by molar-refractivity contribution is 6.32. The van der Waals surface area contributed by atoms with E-state index in [0.717, 1.165) is 5.56 Å². The number of rotatable bonds is 8. The summed E-state index contributed by atoms with van der Waals surface area (Å²) >= 11 is 5.97. The average Bonchev–Trinajstić information content (AvgIpc) is 2.63. The zero-order chi connectivity index (χ0) is 20.7. The molecule has 0 fully saturated rings. The number of alkyl halides is 2. The Kier molecular flexibility index (Phi) is 7.57. The van der Waals surface area contributed by atoms with Crippen LogP contribution in [0.15, 0.2) is 42.5 Å². The second kappa shape index (κ2) is 9.89. The van der Waals surface area contributed by atoms with Gasteiger partial charge in [0.2, 0.25) is 0 Å². The molecule has 150 valence electrons. The summed E-state index contributed by atoms with van der Waals surface area (Å²) in [4.78, 5) is 24.1. The highest BCUT2D eigenvalue weighted by atomic mass is 35.5. The number of anilines is 1. The summed E-state index contributed by atoms with van der Waals surface area (Å²) in [6, 6.07) is 10.7. The third-order valence-electron chi connectivity index (χ3n) is 3.47. The third-order valence-corrected chi connectivity index (χ3v) is 3.78. The highest BCUT2D eigenvalue weighted by Crippen LogP contribution is 2.26. The minimum absolute atomic E-state index is 0.0264. The monoisotopic (exact) mass is 413 g/mol. The molecule has 0 aromatic heterocycles. The summed E-state index contributed by atoms with van der Waals surface area (Å²) < 4.78 is 39.5. The predicted octanol–water partition coefficient (Wildman–Crippen LogP) is 4.20. The Hall–Kier alpha value is -2.87. The Bertz CT molecular complexity index is 847. The minimum Gasteiger partial charge on any atom is -0.480 e. The van der Waals surface area contributed by atoms with E-state index in [-0.39, 0.29) is 11.4 Å². The quantitative estimate of drug-likeness (QED) is 0.656. The first-order chi connectivity index (χ1) is 13.3. The molecule has 9 heteroatoms. The molecular weight excluding hydrogens is 396 g/mol. The van der Waals surface area contributed by atoms with Crippen LogP contribution in [-0.2, 0) is 14.3 Å². The fourth-order valence-electron chi connectivity index (χ4n) is 2.15. The van der Waals surface area contributed by atoms with Gasteiger partial charge in [-0.15, -0.1) is 0 Å². The predicted molar refractivity (Wildman–Crippen MR) is 98.9 cm³/mol. The van der Waals surface area contributed by atoms with Crippen molar-refractivity contribution < 1.29 is 32.6 Å². The number of carbonyl (C=O) groups is 2. The van der Waals surface area contributed by atoms with Gasteiger partial charge in [-0.05, 0) is 43.7 Å². The highest BCUT2D eigenvalue weighted by Gasteiger charge is 2.20. The molecule has 1 N–H and O–H groups in total. The minimum atomic E-state index is -3.04. The number of benzene rings is 2. The molecule has 0 aliphatic rings. The van der Waals surface area contributed by atoms with E-state index in [2.05, 4.69) is 10.1 Å². The molecule has 1 atom stereocenters. The molecule has 0 spiro atoms. The van der Waals surface area contributed by atoms with E-state index >= 15 is 0 Å². The topological polar surface area (TPSA) is 73.9 Å². The molecule has 0 aliphatic heterocycles. The second-order valence-corrected chi connectivity index (χ2v) is 6.13. The standard InChI is InChI=1S/C19H18ClF2NO5/c1-11-7-8-13(20)16(9-11)26-10-17(24)27-12(2)18(25)23-14-5-3-4-6-15(14)28-19(21)22/h3-9,12,19H,10H2,1-2H3,(H,23,25)/t12-/m1/s1. The number of hydrogen-bond acceptors (Lipinski definition) is 5. The van der Waals surface area contributed by atoms with Gasteiger partial charge in [-0.2, -0.15) is 8.78 Å². The van der Waals surface area contributed by atoms with Crippen LogP contribution in [0.4, 0.5) is 14.5 Å². The lowest BCUT2D eigenvalue weighted by atomic mass is 10.2. The molecule has 0 bridgehead atoms. The lowest BCUT2D eigenvalue weighted by molar-refractivity contribution is -0.155. The van der Waals surface area contributed by atoms with E-state index in [1.54, 1.807) is 18.2 Å². The number of ether oxygens (including phenoxy) is 3. The number of aryl methyl sites for hydroxylation is 1. The van der Waals surface area contributed by atoms with Crippen LogP contribution in [0.3, 0.4) is 0 Å². The number of esters is 1. The van der Waals surface area contributed by atoms with Crippen LogP contribution in [0.25, 0.3) is 0 Å². The van der Waals surface area contributed by atoms with Crippen molar-refractivity contribution in [1.29, 1.82) is 0 Å². The Balaban J connectivity index is 1.90. The van der Waals surface area contributed by atoms with Crippen LogP contribution in [0, 0.1) is 6.92 Å². The maximum atomic E-state index is 12.4. The third kappa shape index (κ3) is 6.38. The van der Waals surface area contributed by atoms with Gasteiger partial charge in [-0.3, -0.25) is 4.79 Å². The van der Waals surface area contributed by atoms with Gasteiger partial charge in [-0.25, -0.2) is 4.79 Å². The van der Waals surface area contributed by atoms with E-state index in [9.17, 15) is 18.4 Å². The van der Waals surface area contributed by atoms with Gasteiger partial charge in [0.25, 0.3) is 5.91 Å². The number of hydrogen-bond donors (Lipinski definition) is 1. The van der Waals surface area contributed by atoms with Crippen LogP contribution in [-0.4, -0.2) is 31.2 Å². The summed E-state index contributed by atoms with van der Waals surface area (Å²) in [6.45, 7) is -0.322. The van der Waals surface area contributed by atoms with Crippen LogP contribution < -0.4 is 14.8 Å². The van der Waals surface area contributed by atoms with E-state index in [0.29, 0.717) is 10.8 Å². The fourth-order valence-corrected chi connectivity index (χ4v) is 2.32. The molecule has 0 saturated carbocycles. The Labute approximate surface area is 165 Å². The summed E-state index contributed by atoms with van der Waals surface area (Å²) in [6.07, 6.45) is -1.19. The molecule has 6 nitrogen and oxygen atoms in total. The van der Waals surface area contributed by atoms with Crippen molar-refractivity contribution in [2.45, 2.75) is 26.6 Å². The number of para-hydroxylation sites is 2. The van der Waals surface area contributed by atoms with Crippen molar-refractivity contribution in [1.82, 2.24) is 0 Å². The van der Waals surface area contributed by atoms with Crippen LogP contribution >= 0.6 is 11.6 Å². The zero-order valence-corrected chi connectivity index (χ0v) is 15.8. The number of amides is 1. The first-order valence-corrected chi connectivity index (χ1v) is 8.57. The van der Waals surface area contributed by atoms with Crippen molar-refractivity contribution in [3.63, 3.8) is 0 Å². The molecule has 0 unspecified atom stereocenters. The smallest absolute Gasteiger partial charge is 0.387 e. The normalized spacial score (nSPS) is 11.6. The molecule has 1 amide bonds. The van der Waals surface area contributed by atoms with Crippen molar-refractivity contribution >= 4 is 29.2 Å². The molecule has 0 radical (unpaired) electrons. The van der Waals surface area contributed by atoms with Crippen molar-refractivity contribution in [2.24, 2.45) is 0 Å². The summed E-state index contributed by atoms with van der Waals surface area (Å²) in [5.74, 6) is -1.40. The first kappa shape index (κ1) is 21.4. The van der Waals surface area contributed by atoms with E-state index in [1.807, 2.05) is 6.92 Å². The molecular formula is C19H18ClF2NO5. The molecule has 28 heavy (non-hydrogen) atoms. The zero-order valence-electron chi connectivity index (χ0n) is 15.1. The van der Waals surface area contributed by atoms with Gasteiger partial charge in [0.05, 0.1) is 10.7 Å². The van der Waals surface area contributed by atoms with Gasteiger partial charge in [0.15, 0.2) is 12.7 Å². The Morgan fingerprint density at radius 2 is 1.86 bits per heavy atom. The lowest BCUT2D eigenvalue weighted by Crippen LogP contribution is -2.31. The van der Waals surface area contributed by atoms with Gasteiger partial charge < -0.3 is 19.5 Å². The van der Waals surface area contributed by atoms with Crippen molar-refractivity contribution in [2.75, 3.05) is 11.9 Å². The SMILES string of the molecule is Cc1ccc(Cl)c(OCC(=O)O[C@H](C)C(=O)Nc2ccccc2OC(F)F)c1. The number of halogens is 3.